The summed E-state index contributed by atoms with van der Waals surface area (Å²) in [6.07, 6.45) is 0.975. The van der Waals surface area contributed by atoms with Crippen LogP contribution < -0.4 is 0 Å². The molecule has 0 fully saturated rings. The van der Waals surface area contributed by atoms with Crippen LogP contribution in [0.2, 0.25) is 0 Å². The molecule has 0 unspecified atom stereocenters. The van der Waals surface area contributed by atoms with E-state index in [1.54, 1.807) is 23.5 Å². The Labute approximate surface area is 86.9 Å². The molecule has 0 atom stereocenters. The molecule has 0 amide bonds. The minimum Gasteiger partial charge on any atom is -0.508 e. The van der Waals surface area contributed by atoms with Crippen LogP contribution in [0.3, 0.4) is 0 Å². The highest BCUT2D eigenvalue weighted by Gasteiger charge is 2.02. The number of benzene rings is 1. The van der Waals surface area contributed by atoms with Crippen molar-refractivity contribution < 1.29 is 5.11 Å². The summed E-state index contributed by atoms with van der Waals surface area (Å²) in [6.45, 7) is 2.10. The predicted octanol–water partition coefficient (Wildman–Crippen LogP) is 3.08. The predicted molar refractivity (Wildman–Crippen MR) is 58.6 cm³/mol. The average molecular weight is 205 g/mol. The van der Waals surface area contributed by atoms with Gasteiger partial charge in [0.15, 0.2) is 0 Å². The second-order valence-electron chi connectivity index (χ2n) is 3.03. The molecule has 2 nitrogen and oxygen atoms in total. The van der Waals surface area contributed by atoms with E-state index < -0.39 is 0 Å². The van der Waals surface area contributed by atoms with E-state index >= 15 is 0 Å². The van der Waals surface area contributed by atoms with Gasteiger partial charge in [-0.05, 0) is 30.7 Å². The van der Waals surface area contributed by atoms with Crippen LogP contribution in [0.4, 0.5) is 0 Å². The zero-order chi connectivity index (χ0) is 9.97. The van der Waals surface area contributed by atoms with Gasteiger partial charge >= 0.3 is 0 Å². The van der Waals surface area contributed by atoms with E-state index in [2.05, 4.69) is 11.9 Å². The van der Waals surface area contributed by atoms with Crippen LogP contribution >= 0.6 is 11.3 Å². The minimum atomic E-state index is 0.291. The summed E-state index contributed by atoms with van der Waals surface area (Å²) in [4.78, 5) is 4.47. The molecule has 0 spiro atoms. The first-order valence-corrected chi connectivity index (χ1v) is 5.41. The van der Waals surface area contributed by atoms with Gasteiger partial charge in [0.1, 0.15) is 5.75 Å². The molecule has 0 aliphatic rings. The molecule has 1 N–H and O–H groups in total. The number of phenols is 1. The first-order chi connectivity index (χ1) is 6.79. The van der Waals surface area contributed by atoms with Gasteiger partial charge in [0.05, 0.1) is 10.7 Å². The van der Waals surface area contributed by atoms with E-state index in [0.29, 0.717) is 5.75 Å². The Morgan fingerprint density at radius 1 is 1.29 bits per heavy atom. The normalized spacial score (nSPS) is 10.4. The molecule has 0 bridgehead atoms. The lowest BCUT2D eigenvalue weighted by Crippen LogP contribution is -1.79. The van der Waals surface area contributed by atoms with Gasteiger partial charge in [-0.2, -0.15) is 0 Å². The molecule has 0 saturated carbocycles. The highest BCUT2D eigenvalue weighted by atomic mass is 32.1. The lowest BCUT2D eigenvalue weighted by atomic mass is 10.2. The lowest BCUT2D eigenvalue weighted by Gasteiger charge is -1.96. The third-order valence-corrected chi connectivity index (χ3v) is 3.01. The van der Waals surface area contributed by atoms with E-state index in [9.17, 15) is 0 Å². The van der Waals surface area contributed by atoms with Crippen LogP contribution in [-0.2, 0) is 6.42 Å². The van der Waals surface area contributed by atoms with Crippen molar-refractivity contribution in [3.8, 4) is 17.0 Å². The minimum absolute atomic E-state index is 0.291. The molecule has 3 heteroatoms. The van der Waals surface area contributed by atoms with E-state index in [1.807, 2.05) is 17.5 Å². The van der Waals surface area contributed by atoms with E-state index in [0.717, 1.165) is 22.7 Å². The maximum atomic E-state index is 9.14. The fourth-order valence-electron chi connectivity index (χ4n) is 1.24. The SMILES string of the molecule is CCc1nc(-c2ccc(O)cc2)cs1. The van der Waals surface area contributed by atoms with Crippen molar-refractivity contribution in [1.29, 1.82) is 0 Å². The third kappa shape index (κ3) is 1.77. The first-order valence-electron chi connectivity index (χ1n) is 4.53. The number of aromatic nitrogens is 1. The number of hydrogen-bond acceptors (Lipinski definition) is 3. The van der Waals surface area contributed by atoms with Crippen LogP contribution in [0.1, 0.15) is 11.9 Å². The highest BCUT2D eigenvalue weighted by Crippen LogP contribution is 2.23. The van der Waals surface area contributed by atoms with Crippen LogP contribution in [0.5, 0.6) is 5.75 Å². The second kappa shape index (κ2) is 3.80. The molecule has 2 aromatic rings. The van der Waals surface area contributed by atoms with Crippen LogP contribution in [-0.4, -0.2) is 10.1 Å². The van der Waals surface area contributed by atoms with Crippen molar-refractivity contribution in [2.24, 2.45) is 0 Å². The number of aromatic hydroxyl groups is 1. The largest absolute Gasteiger partial charge is 0.508 e. The Bertz CT molecular complexity index is 419. The number of nitrogens with zero attached hydrogens (tertiary/aromatic N) is 1. The molecule has 0 aliphatic heterocycles. The molecule has 0 aliphatic carbocycles. The molecule has 14 heavy (non-hydrogen) atoms. The number of rotatable bonds is 2. The van der Waals surface area contributed by atoms with Crippen molar-refractivity contribution in [3.63, 3.8) is 0 Å². The summed E-state index contributed by atoms with van der Waals surface area (Å²) in [6, 6.07) is 7.12. The van der Waals surface area contributed by atoms with Crippen LogP contribution in [0.25, 0.3) is 11.3 Å². The quantitative estimate of drug-likeness (QED) is 0.817. The molecule has 2 rings (SSSR count). The molecule has 72 valence electrons. The van der Waals surface area contributed by atoms with Gasteiger partial charge in [-0.1, -0.05) is 6.92 Å². The molecule has 1 aromatic heterocycles. The van der Waals surface area contributed by atoms with Crippen molar-refractivity contribution >= 4 is 11.3 Å². The standard InChI is InChI=1S/C11H11NOS/c1-2-11-12-10(7-14-11)8-3-5-9(13)6-4-8/h3-7,13H,2H2,1H3. The smallest absolute Gasteiger partial charge is 0.115 e. The van der Waals surface area contributed by atoms with E-state index in [1.165, 1.54) is 0 Å². The van der Waals surface area contributed by atoms with Gasteiger partial charge in [-0.25, -0.2) is 4.98 Å². The Kier molecular flexibility index (Phi) is 2.50. The van der Waals surface area contributed by atoms with Gasteiger partial charge in [0.2, 0.25) is 0 Å². The number of aryl methyl sites for hydroxylation is 1. The Hall–Kier alpha value is -1.35. The topological polar surface area (TPSA) is 33.1 Å². The lowest BCUT2D eigenvalue weighted by molar-refractivity contribution is 0.475. The summed E-state index contributed by atoms with van der Waals surface area (Å²) in [5, 5.41) is 12.3. The van der Waals surface area contributed by atoms with E-state index in [-0.39, 0.29) is 0 Å². The molecule has 1 aromatic carbocycles. The maximum Gasteiger partial charge on any atom is 0.115 e. The molecular weight excluding hydrogens is 194 g/mol. The zero-order valence-corrected chi connectivity index (χ0v) is 8.71. The fourth-order valence-corrected chi connectivity index (χ4v) is 1.99. The molecular formula is C11H11NOS. The Balaban J connectivity index is 2.34. The summed E-state index contributed by atoms with van der Waals surface area (Å²) < 4.78 is 0. The van der Waals surface area contributed by atoms with Gasteiger partial charge in [0, 0.05) is 10.9 Å². The maximum absolute atomic E-state index is 9.14. The van der Waals surface area contributed by atoms with E-state index in [4.69, 9.17) is 5.11 Å². The van der Waals surface area contributed by atoms with Crippen molar-refractivity contribution in [3.05, 3.63) is 34.7 Å². The molecule has 0 saturated heterocycles. The van der Waals surface area contributed by atoms with Gasteiger partial charge < -0.3 is 5.11 Å². The zero-order valence-electron chi connectivity index (χ0n) is 7.90. The van der Waals surface area contributed by atoms with Crippen molar-refractivity contribution in [1.82, 2.24) is 4.98 Å². The Morgan fingerprint density at radius 2 is 2.00 bits per heavy atom. The third-order valence-electron chi connectivity index (χ3n) is 2.02. The Morgan fingerprint density at radius 3 is 2.57 bits per heavy atom. The average Bonchev–Trinajstić information content (AvgIpc) is 2.67. The number of hydrogen-bond donors (Lipinski definition) is 1. The molecule has 1 heterocycles. The second-order valence-corrected chi connectivity index (χ2v) is 3.97. The number of thiazole rings is 1. The monoisotopic (exact) mass is 205 g/mol. The van der Waals surface area contributed by atoms with Crippen LogP contribution in [0.15, 0.2) is 29.6 Å². The van der Waals surface area contributed by atoms with Crippen molar-refractivity contribution in [2.45, 2.75) is 13.3 Å². The van der Waals surface area contributed by atoms with Crippen LogP contribution in [0, 0.1) is 0 Å². The highest BCUT2D eigenvalue weighted by molar-refractivity contribution is 7.09. The summed E-state index contributed by atoms with van der Waals surface area (Å²) in [5.74, 6) is 0.291. The van der Waals surface area contributed by atoms with Crippen molar-refractivity contribution in [2.75, 3.05) is 0 Å². The number of phenolic OH excluding ortho intramolecular Hbond substituents is 1. The first kappa shape index (κ1) is 9.21. The fraction of sp³-hybridized carbons (Fsp3) is 0.182. The van der Waals surface area contributed by atoms with Gasteiger partial charge in [-0.15, -0.1) is 11.3 Å². The summed E-state index contributed by atoms with van der Waals surface area (Å²) in [5.41, 5.74) is 2.05. The summed E-state index contributed by atoms with van der Waals surface area (Å²) in [7, 11) is 0. The summed E-state index contributed by atoms with van der Waals surface area (Å²) >= 11 is 1.67. The molecule has 0 radical (unpaired) electrons. The van der Waals surface area contributed by atoms with Gasteiger partial charge in [0.25, 0.3) is 0 Å². The van der Waals surface area contributed by atoms with Gasteiger partial charge in [-0.3, -0.25) is 0 Å².